The van der Waals surface area contributed by atoms with Gasteiger partial charge in [-0.3, -0.25) is 9.59 Å². The number of benzene rings is 2. The minimum absolute atomic E-state index is 0.225. The summed E-state index contributed by atoms with van der Waals surface area (Å²) in [5.41, 5.74) is 1.17. The van der Waals surface area contributed by atoms with Gasteiger partial charge in [-0.1, -0.05) is 49.9 Å². The van der Waals surface area contributed by atoms with Crippen molar-refractivity contribution in [1.29, 1.82) is 0 Å². The number of hydrogen-bond donors (Lipinski definition) is 0. The molecule has 0 aliphatic carbocycles. The number of ketones is 2. The summed E-state index contributed by atoms with van der Waals surface area (Å²) in [6.45, 7) is 6.02. The molecule has 3 nitrogen and oxygen atoms in total. The van der Waals surface area contributed by atoms with Gasteiger partial charge in [0.05, 0.1) is 12.2 Å². The molecule has 0 aliphatic rings. The van der Waals surface area contributed by atoms with Gasteiger partial charge >= 0.3 is 0 Å². The fourth-order valence-electron chi connectivity index (χ4n) is 2.14. The Hall–Kier alpha value is -2.68. The molecule has 0 heterocycles. The van der Waals surface area contributed by atoms with Crippen LogP contribution < -0.4 is 4.74 Å². The van der Waals surface area contributed by atoms with Gasteiger partial charge in [0.2, 0.25) is 0 Å². The number of allylic oxidation sites excluding steroid dienone is 1. The largest absolute Gasteiger partial charge is 0.493 e. The Bertz CT molecular complexity index is 701. The predicted molar refractivity (Wildman–Crippen MR) is 86.6 cm³/mol. The molecule has 0 atom stereocenters. The fraction of sp³-hybridized carbons (Fsp3) is 0.158. The van der Waals surface area contributed by atoms with Crippen LogP contribution in [0.1, 0.15) is 39.6 Å². The first kappa shape index (κ1) is 15.7. The Morgan fingerprint density at radius 1 is 1.00 bits per heavy atom. The van der Waals surface area contributed by atoms with Crippen LogP contribution >= 0.6 is 0 Å². The summed E-state index contributed by atoms with van der Waals surface area (Å²) in [6, 6.07) is 13.8. The van der Waals surface area contributed by atoms with E-state index in [9.17, 15) is 9.59 Å². The number of rotatable bonds is 7. The molecule has 0 N–H and O–H groups in total. The zero-order valence-electron chi connectivity index (χ0n) is 12.5. The third-order valence-electron chi connectivity index (χ3n) is 3.22. The lowest BCUT2D eigenvalue weighted by Gasteiger charge is -2.11. The zero-order chi connectivity index (χ0) is 15.9. The average molecular weight is 294 g/mol. The van der Waals surface area contributed by atoms with Crippen LogP contribution in [0.15, 0.2) is 61.2 Å². The molecule has 2 aromatic rings. The molecule has 0 saturated heterocycles. The van der Waals surface area contributed by atoms with Crippen LogP contribution in [0.5, 0.6) is 5.75 Å². The maximum atomic E-state index is 12.8. The third-order valence-corrected chi connectivity index (χ3v) is 3.22. The molecular weight excluding hydrogens is 276 g/mol. The predicted octanol–water partition coefficient (Wildman–Crippen LogP) is 4.08. The van der Waals surface area contributed by atoms with Gasteiger partial charge in [-0.15, -0.1) is 0 Å². The second-order valence-corrected chi connectivity index (χ2v) is 4.79. The summed E-state index contributed by atoms with van der Waals surface area (Å²) in [5, 5.41) is 0. The highest BCUT2D eigenvalue weighted by molar-refractivity contribution is 6.18. The molecule has 2 rings (SSSR count). The van der Waals surface area contributed by atoms with Crippen LogP contribution in [0.2, 0.25) is 0 Å². The van der Waals surface area contributed by atoms with Crippen LogP contribution in [0.25, 0.3) is 0 Å². The molecule has 0 radical (unpaired) electrons. The van der Waals surface area contributed by atoms with Crippen molar-refractivity contribution in [3.63, 3.8) is 0 Å². The topological polar surface area (TPSA) is 43.4 Å². The molecule has 0 aliphatic heterocycles. The molecule has 0 fully saturated rings. The van der Waals surface area contributed by atoms with E-state index in [-0.39, 0.29) is 11.6 Å². The Morgan fingerprint density at radius 3 is 2.23 bits per heavy atom. The SMILES string of the molecule is C=CC(=O)c1ccccc1C(=O)c1ccccc1OCCC. The van der Waals surface area contributed by atoms with Crippen molar-refractivity contribution in [2.24, 2.45) is 0 Å². The van der Waals surface area contributed by atoms with Crippen molar-refractivity contribution < 1.29 is 14.3 Å². The average Bonchev–Trinajstić information content (AvgIpc) is 2.59. The van der Waals surface area contributed by atoms with Crippen LogP contribution in [-0.2, 0) is 0 Å². The van der Waals surface area contributed by atoms with Gasteiger partial charge in [0.1, 0.15) is 5.75 Å². The van der Waals surface area contributed by atoms with Crippen LogP contribution in [0.3, 0.4) is 0 Å². The summed E-state index contributed by atoms with van der Waals surface area (Å²) in [7, 11) is 0. The van der Waals surface area contributed by atoms with Crippen LogP contribution in [0, 0.1) is 0 Å². The molecule has 2 aromatic carbocycles. The van der Waals surface area contributed by atoms with Gasteiger partial charge in [0.25, 0.3) is 0 Å². The molecular formula is C19H18O3. The lowest BCUT2D eigenvalue weighted by molar-refractivity contribution is 0.100. The maximum absolute atomic E-state index is 12.8. The standard InChI is InChI=1S/C19H18O3/c1-3-13-22-18-12-8-7-11-16(18)19(21)15-10-6-5-9-14(15)17(20)4-2/h4-12H,2-3,13H2,1H3. The highest BCUT2D eigenvalue weighted by Gasteiger charge is 2.19. The smallest absolute Gasteiger partial charge is 0.197 e. The normalized spacial score (nSPS) is 10.0. The summed E-state index contributed by atoms with van der Waals surface area (Å²) in [4.78, 5) is 24.7. The molecule has 22 heavy (non-hydrogen) atoms. The fourth-order valence-corrected chi connectivity index (χ4v) is 2.14. The minimum Gasteiger partial charge on any atom is -0.493 e. The third kappa shape index (κ3) is 3.31. The van der Waals surface area contributed by atoms with Crippen LogP contribution in [-0.4, -0.2) is 18.2 Å². The van der Waals surface area contributed by atoms with Crippen molar-refractivity contribution in [3.8, 4) is 5.75 Å². The zero-order valence-corrected chi connectivity index (χ0v) is 12.5. The maximum Gasteiger partial charge on any atom is 0.197 e. The summed E-state index contributed by atoms with van der Waals surface area (Å²) >= 11 is 0. The monoisotopic (exact) mass is 294 g/mol. The molecule has 0 saturated carbocycles. The molecule has 0 bridgehead atoms. The first-order chi connectivity index (χ1) is 10.7. The molecule has 3 heteroatoms. The molecule has 0 amide bonds. The van der Waals surface area contributed by atoms with E-state index in [4.69, 9.17) is 4.74 Å². The highest BCUT2D eigenvalue weighted by atomic mass is 16.5. The molecule has 0 aromatic heterocycles. The van der Waals surface area contributed by atoms with Crippen molar-refractivity contribution >= 4 is 11.6 Å². The van der Waals surface area contributed by atoms with Gasteiger partial charge in [-0.05, 0) is 24.6 Å². The van der Waals surface area contributed by atoms with E-state index in [0.717, 1.165) is 6.42 Å². The minimum atomic E-state index is -0.268. The first-order valence-corrected chi connectivity index (χ1v) is 7.21. The van der Waals surface area contributed by atoms with E-state index in [1.54, 1.807) is 42.5 Å². The highest BCUT2D eigenvalue weighted by Crippen LogP contribution is 2.23. The quantitative estimate of drug-likeness (QED) is 0.571. The second kappa shape index (κ2) is 7.36. The van der Waals surface area contributed by atoms with Crippen molar-refractivity contribution in [2.75, 3.05) is 6.61 Å². The Balaban J connectivity index is 2.45. The Labute approximate surface area is 130 Å². The van der Waals surface area contributed by atoms with E-state index >= 15 is 0 Å². The Morgan fingerprint density at radius 2 is 1.59 bits per heavy atom. The number of hydrogen-bond acceptors (Lipinski definition) is 3. The van der Waals surface area contributed by atoms with Crippen molar-refractivity contribution in [3.05, 3.63) is 77.9 Å². The van der Waals surface area contributed by atoms with E-state index in [1.807, 2.05) is 13.0 Å². The summed E-state index contributed by atoms with van der Waals surface area (Å²) in [6.07, 6.45) is 2.07. The first-order valence-electron chi connectivity index (χ1n) is 7.21. The van der Waals surface area contributed by atoms with E-state index < -0.39 is 0 Å². The van der Waals surface area contributed by atoms with Crippen molar-refractivity contribution in [1.82, 2.24) is 0 Å². The van der Waals surface area contributed by atoms with Crippen LogP contribution in [0.4, 0.5) is 0 Å². The number of carbonyl (C=O) groups is 2. The number of carbonyl (C=O) groups excluding carboxylic acids is 2. The summed E-state index contributed by atoms with van der Waals surface area (Å²) in [5.74, 6) is 0.0450. The lowest BCUT2D eigenvalue weighted by atomic mass is 9.95. The van der Waals surface area contributed by atoms with Crippen molar-refractivity contribution in [2.45, 2.75) is 13.3 Å². The molecule has 112 valence electrons. The van der Waals surface area contributed by atoms with E-state index in [1.165, 1.54) is 6.08 Å². The van der Waals surface area contributed by atoms with Gasteiger partial charge < -0.3 is 4.74 Å². The Kier molecular flexibility index (Phi) is 5.26. The van der Waals surface area contributed by atoms with Gasteiger partial charge in [-0.2, -0.15) is 0 Å². The summed E-state index contributed by atoms with van der Waals surface area (Å²) < 4.78 is 5.63. The van der Waals surface area contributed by atoms with Gasteiger partial charge in [0, 0.05) is 11.1 Å². The number of ether oxygens (including phenoxy) is 1. The molecule has 0 spiro atoms. The van der Waals surface area contributed by atoms with E-state index in [0.29, 0.717) is 29.0 Å². The number of para-hydroxylation sites is 1. The van der Waals surface area contributed by atoms with Gasteiger partial charge in [-0.25, -0.2) is 0 Å². The lowest BCUT2D eigenvalue weighted by Crippen LogP contribution is -2.10. The second-order valence-electron chi connectivity index (χ2n) is 4.79. The van der Waals surface area contributed by atoms with Gasteiger partial charge in [0.15, 0.2) is 11.6 Å². The molecule has 0 unspecified atom stereocenters. The van der Waals surface area contributed by atoms with E-state index in [2.05, 4.69) is 6.58 Å².